The zero-order valence-corrected chi connectivity index (χ0v) is 40.8. The maximum atomic E-state index is 13.5. The van der Waals surface area contributed by atoms with Crippen LogP contribution in [-0.4, -0.2) is 83.9 Å². The number of nitrogens with one attached hydrogen (secondary N) is 2. The SMILES string of the molecule is COc1cc(-c2noc(CCCN(C)C3CCC(OC(=O)C(O)(c4cccs4)c4cccs4)CC3)n2)c(Cl)cc1CNC[C@H](O[Si](C)(C)C(C)(C)C)c1ccc(O)c2[nH]c(=O)ccc12. The Morgan fingerprint density at radius 2 is 1.77 bits per heavy atom. The van der Waals surface area contributed by atoms with Gasteiger partial charge in [-0.2, -0.15) is 4.98 Å². The van der Waals surface area contributed by atoms with Crippen molar-refractivity contribution in [2.75, 3.05) is 27.2 Å². The van der Waals surface area contributed by atoms with Crippen molar-refractivity contribution < 1.29 is 33.4 Å². The summed E-state index contributed by atoms with van der Waals surface area (Å²) in [5, 5.41) is 34.8. The number of aryl methyl sites for hydroxylation is 1. The number of carbonyl (C=O) groups is 1. The lowest BCUT2D eigenvalue weighted by molar-refractivity contribution is -0.169. The standard InChI is InChI=1S/C47H58ClN5O8S2Si/c1-46(2,3)64(6,7)61-38(32-18-20-36(54)43-33(32)19-21-41(55)50-43)28-49-27-29-25-35(48)34(26-37(29)58-5)44-51-42(60-52-44)13-8-22-53(4)30-14-16-31(17-15-30)59-45(56)47(57,39-11-9-23-62-39)40-12-10-24-63-40/h9-12,18-21,23-26,30-31,38,49,54,57H,8,13-17,22,27-28H2,1-7H3,(H,50,55)/t30?,31?,38-/m0/s1. The molecule has 64 heavy (non-hydrogen) atoms. The number of methoxy groups -OCH3 is 1. The topological polar surface area (TPSA) is 172 Å². The summed E-state index contributed by atoms with van der Waals surface area (Å²) in [6, 6.07) is 17.9. The van der Waals surface area contributed by atoms with E-state index in [4.69, 9.17) is 30.0 Å². The summed E-state index contributed by atoms with van der Waals surface area (Å²) >= 11 is 9.57. The van der Waals surface area contributed by atoms with Gasteiger partial charge in [0.05, 0.1) is 33.5 Å². The van der Waals surface area contributed by atoms with Gasteiger partial charge >= 0.3 is 5.97 Å². The van der Waals surface area contributed by atoms with Crippen molar-refractivity contribution in [3.8, 4) is 22.9 Å². The van der Waals surface area contributed by atoms with Gasteiger partial charge in [0, 0.05) is 48.1 Å². The molecule has 4 heterocycles. The second-order valence-electron chi connectivity index (χ2n) is 18.0. The van der Waals surface area contributed by atoms with Crippen LogP contribution in [-0.2, 0) is 32.5 Å². The molecule has 4 N–H and O–H groups in total. The van der Waals surface area contributed by atoms with Crippen molar-refractivity contribution in [3.63, 3.8) is 0 Å². The van der Waals surface area contributed by atoms with E-state index < -0.39 is 19.9 Å². The molecular formula is C47H58ClN5O8S2Si. The number of aromatic amines is 1. The highest BCUT2D eigenvalue weighted by Crippen LogP contribution is 2.42. The molecule has 342 valence electrons. The molecule has 0 spiro atoms. The van der Waals surface area contributed by atoms with Crippen molar-refractivity contribution in [2.24, 2.45) is 0 Å². The third-order valence-corrected chi connectivity index (χ3v) is 19.5. The minimum absolute atomic E-state index is 0.000443. The smallest absolute Gasteiger partial charge is 0.349 e. The average molecular weight is 949 g/mol. The van der Waals surface area contributed by atoms with E-state index in [9.17, 15) is 19.8 Å². The number of rotatable bonds is 18. The predicted molar refractivity (Wildman–Crippen MR) is 255 cm³/mol. The molecule has 0 aliphatic heterocycles. The molecule has 7 rings (SSSR count). The quantitative estimate of drug-likeness (QED) is 0.0476. The number of nitrogens with zero attached hydrogens (tertiary/aromatic N) is 3. The van der Waals surface area contributed by atoms with Crippen molar-refractivity contribution >= 4 is 59.5 Å². The minimum atomic E-state index is -2.27. The van der Waals surface area contributed by atoms with E-state index in [2.05, 4.69) is 66.3 Å². The molecular weight excluding hydrogens is 890 g/mol. The first-order valence-electron chi connectivity index (χ1n) is 21.6. The first-order chi connectivity index (χ1) is 30.5. The lowest BCUT2D eigenvalue weighted by atomic mass is 9.91. The van der Waals surface area contributed by atoms with Crippen LogP contribution in [0.1, 0.15) is 85.8 Å². The van der Waals surface area contributed by atoms with Crippen LogP contribution < -0.4 is 15.6 Å². The van der Waals surface area contributed by atoms with Gasteiger partial charge in [-0.15, -0.1) is 22.7 Å². The summed E-state index contributed by atoms with van der Waals surface area (Å²) in [7, 11) is 1.45. The van der Waals surface area contributed by atoms with E-state index in [1.54, 1.807) is 31.4 Å². The third kappa shape index (κ3) is 10.5. The van der Waals surface area contributed by atoms with Crippen LogP contribution >= 0.6 is 34.3 Å². The number of carbonyl (C=O) groups excluding carboxylic acids is 1. The van der Waals surface area contributed by atoms with E-state index in [-0.39, 0.29) is 28.6 Å². The zero-order chi connectivity index (χ0) is 45.8. The number of H-pyrrole nitrogens is 1. The summed E-state index contributed by atoms with van der Waals surface area (Å²) in [5.74, 6) is 0.891. The summed E-state index contributed by atoms with van der Waals surface area (Å²) in [4.78, 5) is 36.5. The number of aromatic nitrogens is 3. The summed E-state index contributed by atoms with van der Waals surface area (Å²) in [6.07, 6.45) is 3.98. The van der Waals surface area contributed by atoms with E-state index in [1.165, 1.54) is 28.7 Å². The highest BCUT2D eigenvalue weighted by molar-refractivity contribution is 7.12. The van der Waals surface area contributed by atoms with Gasteiger partial charge in [-0.3, -0.25) is 4.79 Å². The Hall–Kier alpha value is -4.39. The van der Waals surface area contributed by atoms with Gasteiger partial charge in [0.25, 0.3) is 0 Å². The maximum Gasteiger partial charge on any atom is 0.349 e. The van der Waals surface area contributed by atoms with Crippen molar-refractivity contribution in [3.05, 3.63) is 114 Å². The number of esters is 1. The lowest BCUT2D eigenvalue weighted by Crippen LogP contribution is -2.43. The average Bonchev–Trinajstić information content (AvgIpc) is 4.09. The van der Waals surface area contributed by atoms with Gasteiger partial charge < -0.3 is 43.8 Å². The van der Waals surface area contributed by atoms with Gasteiger partial charge in [-0.1, -0.05) is 55.7 Å². The summed E-state index contributed by atoms with van der Waals surface area (Å²) in [5.41, 5.74) is 0.576. The molecule has 4 aromatic heterocycles. The molecule has 13 nitrogen and oxygen atoms in total. The molecule has 0 bridgehead atoms. The van der Waals surface area contributed by atoms with Crippen molar-refractivity contribution in [1.82, 2.24) is 25.3 Å². The first kappa shape index (κ1) is 47.6. The molecule has 17 heteroatoms. The van der Waals surface area contributed by atoms with E-state index in [1.807, 2.05) is 41.1 Å². The molecule has 1 saturated carbocycles. The maximum absolute atomic E-state index is 13.5. The summed E-state index contributed by atoms with van der Waals surface area (Å²) in [6.45, 7) is 12.6. The van der Waals surface area contributed by atoms with Crippen LogP contribution in [0.4, 0.5) is 0 Å². The van der Waals surface area contributed by atoms with Crippen LogP contribution in [0, 0.1) is 0 Å². The number of hydrogen-bond donors (Lipinski definition) is 4. The molecule has 1 fully saturated rings. The van der Waals surface area contributed by atoms with Crippen LogP contribution in [0.15, 0.2) is 80.7 Å². The number of halogens is 1. The Balaban J connectivity index is 0.929. The number of aliphatic hydroxyl groups is 1. The Morgan fingerprint density at radius 1 is 1.06 bits per heavy atom. The predicted octanol–water partition coefficient (Wildman–Crippen LogP) is 9.58. The van der Waals surface area contributed by atoms with E-state index in [0.717, 1.165) is 55.2 Å². The largest absolute Gasteiger partial charge is 0.506 e. The number of benzene rings is 2. The number of pyridine rings is 1. The second kappa shape index (κ2) is 20.0. The van der Waals surface area contributed by atoms with E-state index in [0.29, 0.717) is 68.9 Å². The van der Waals surface area contributed by atoms with Gasteiger partial charge in [-0.25, -0.2) is 4.79 Å². The first-order valence-corrected chi connectivity index (χ1v) is 26.7. The Bertz CT molecular complexity index is 2530. The molecule has 0 amide bonds. The van der Waals surface area contributed by atoms with Crippen LogP contribution in [0.25, 0.3) is 22.3 Å². The van der Waals surface area contributed by atoms with E-state index >= 15 is 0 Å². The highest BCUT2D eigenvalue weighted by atomic mass is 35.5. The number of hydrogen-bond acceptors (Lipinski definition) is 14. The van der Waals surface area contributed by atoms with Crippen LogP contribution in [0.2, 0.25) is 23.2 Å². The number of phenolic OH excluding ortho intramolecular Hbond substituents is 1. The molecule has 1 aliphatic carbocycles. The number of aromatic hydroxyl groups is 1. The Morgan fingerprint density at radius 3 is 2.41 bits per heavy atom. The number of ether oxygens (including phenoxy) is 2. The van der Waals surface area contributed by atoms with Crippen LogP contribution in [0.5, 0.6) is 11.5 Å². The number of thiophene rings is 2. The Kier molecular flexibility index (Phi) is 14.9. The van der Waals surface area contributed by atoms with Crippen molar-refractivity contribution in [2.45, 2.75) is 108 Å². The molecule has 0 unspecified atom stereocenters. The van der Waals surface area contributed by atoms with Gasteiger partial charge in [0.1, 0.15) is 17.6 Å². The monoisotopic (exact) mass is 947 g/mol. The lowest BCUT2D eigenvalue weighted by Gasteiger charge is -2.39. The van der Waals surface area contributed by atoms with Gasteiger partial charge in [0.15, 0.2) is 8.32 Å². The molecule has 1 aliphatic rings. The summed E-state index contributed by atoms with van der Waals surface area (Å²) < 4.78 is 24.4. The molecule has 0 radical (unpaired) electrons. The van der Waals surface area contributed by atoms with Crippen molar-refractivity contribution in [1.29, 1.82) is 0 Å². The Labute approximate surface area is 387 Å². The number of fused-ring (bicyclic) bond motifs is 1. The molecule has 6 aromatic rings. The molecule has 0 saturated heterocycles. The normalized spacial score (nSPS) is 16.7. The zero-order valence-electron chi connectivity index (χ0n) is 37.4. The fourth-order valence-corrected chi connectivity index (χ4v) is 11.2. The minimum Gasteiger partial charge on any atom is -0.506 e. The second-order valence-corrected chi connectivity index (χ2v) is 25.1. The fourth-order valence-electron chi connectivity index (χ4n) is 7.98. The van der Waals surface area contributed by atoms with Gasteiger partial charge in [-0.05, 0) is 117 Å². The fraction of sp³-hybridized carbons (Fsp3) is 0.447. The van der Waals surface area contributed by atoms with Crippen LogP contribution in [0.3, 0.4) is 0 Å². The highest BCUT2D eigenvalue weighted by Gasteiger charge is 2.45. The molecule has 1 atom stereocenters. The molecule has 2 aromatic carbocycles. The van der Waals surface area contributed by atoms with Gasteiger partial charge in [0.2, 0.25) is 22.9 Å². The third-order valence-electron chi connectivity index (χ3n) is 12.7. The number of phenols is 1.